The van der Waals surface area contributed by atoms with Gasteiger partial charge in [0.15, 0.2) is 5.13 Å². The highest BCUT2D eigenvalue weighted by molar-refractivity contribution is 7.13. The Labute approximate surface area is 132 Å². The summed E-state index contributed by atoms with van der Waals surface area (Å²) < 4.78 is 1.73. The Kier molecular flexibility index (Phi) is 4.45. The van der Waals surface area contributed by atoms with Gasteiger partial charge in [-0.15, -0.1) is 16.4 Å². The van der Waals surface area contributed by atoms with Gasteiger partial charge in [0.1, 0.15) is 0 Å². The van der Waals surface area contributed by atoms with Crippen LogP contribution in [0, 0.1) is 6.92 Å². The molecule has 0 atom stereocenters. The number of aromatic nitrogens is 4. The van der Waals surface area contributed by atoms with E-state index in [0.29, 0.717) is 13.0 Å². The van der Waals surface area contributed by atoms with Crippen molar-refractivity contribution in [2.45, 2.75) is 19.9 Å². The Morgan fingerprint density at radius 2 is 2.05 bits per heavy atom. The highest BCUT2D eigenvalue weighted by Crippen LogP contribution is 2.21. The first-order valence-electron chi connectivity index (χ1n) is 7.01. The molecule has 2 aromatic heterocycles. The molecule has 2 N–H and O–H groups in total. The Bertz CT molecular complexity index is 734. The molecule has 114 valence electrons. The van der Waals surface area contributed by atoms with Crippen LogP contribution in [0.25, 0.3) is 0 Å². The van der Waals surface area contributed by atoms with E-state index in [1.54, 1.807) is 16.0 Å². The van der Waals surface area contributed by atoms with Crippen molar-refractivity contribution in [1.29, 1.82) is 0 Å². The third-order valence-electron chi connectivity index (χ3n) is 3.13. The van der Waals surface area contributed by atoms with E-state index >= 15 is 0 Å². The number of anilines is 2. The number of hydrogen-bond acceptors (Lipinski definition) is 6. The molecule has 0 aliphatic carbocycles. The van der Waals surface area contributed by atoms with Crippen molar-refractivity contribution in [3.8, 4) is 0 Å². The predicted molar refractivity (Wildman–Crippen MR) is 86.5 cm³/mol. The zero-order valence-corrected chi connectivity index (χ0v) is 13.0. The number of benzene rings is 1. The highest BCUT2D eigenvalue weighted by Gasteiger charge is 2.05. The maximum atomic E-state index is 8.88. The number of aryl methyl sites for hydroxylation is 1. The number of hydrogen-bond donors (Lipinski definition) is 2. The number of aliphatic hydroxyl groups excluding tert-OH is 1. The van der Waals surface area contributed by atoms with E-state index in [2.05, 4.69) is 39.7 Å². The van der Waals surface area contributed by atoms with Gasteiger partial charge in [0, 0.05) is 30.3 Å². The summed E-state index contributed by atoms with van der Waals surface area (Å²) in [6.45, 7) is 2.72. The van der Waals surface area contributed by atoms with Gasteiger partial charge in [-0.2, -0.15) is 0 Å². The van der Waals surface area contributed by atoms with Gasteiger partial charge < -0.3 is 10.4 Å². The van der Waals surface area contributed by atoms with Crippen LogP contribution in [0.5, 0.6) is 0 Å². The molecule has 0 radical (unpaired) electrons. The van der Waals surface area contributed by atoms with Crippen LogP contribution in [0.1, 0.15) is 17.0 Å². The second-order valence-electron chi connectivity index (χ2n) is 5.02. The average molecular weight is 315 g/mol. The fourth-order valence-electron chi connectivity index (χ4n) is 2.01. The lowest BCUT2D eigenvalue weighted by Gasteiger charge is -2.02. The average Bonchev–Trinajstić information content (AvgIpc) is 3.12. The summed E-state index contributed by atoms with van der Waals surface area (Å²) in [7, 11) is 0. The SMILES string of the molecule is Cc1ccc(Nc2nc(Cn3cc(CCO)nn3)cs2)cc1. The van der Waals surface area contributed by atoms with E-state index in [-0.39, 0.29) is 6.61 Å². The Morgan fingerprint density at radius 1 is 1.23 bits per heavy atom. The van der Waals surface area contributed by atoms with E-state index in [1.807, 2.05) is 23.7 Å². The summed E-state index contributed by atoms with van der Waals surface area (Å²) in [6.07, 6.45) is 2.36. The fraction of sp³-hybridized carbons (Fsp3) is 0.267. The van der Waals surface area contributed by atoms with Gasteiger partial charge in [-0.05, 0) is 19.1 Å². The van der Waals surface area contributed by atoms with Gasteiger partial charge in [0.05, 0.1) is 17.9 Å². The highest BCUT2D eigenvalue weighted by atomic mass is 32.1. The number of rotatable bonds is 6. The van der Waals surface area contributed by atoms with Gasteiger partial charge in [-0.1, -0.05) is 22.9 Å². The molecule has 0 saturated heterocycles. The summed E-state index contributed by atoms with van der Waals surface area (Å²) in [6, 6.07) is 8.20. The number of nitrogens with zero attached hydrogens (tertiary/aromatic N) is 4. The van der Waals surface area contributed by atoms with Crippen LogP contribution in [0.15, 0.2) is 35.8 Å². The van der Waals surface area contributed by atoms with Crippen LogP contribution < -0.4 is 5.32 Å². The first kappa shape index (κ1) is 14.7. The molecule has 0 aliphatic heterocycles. The van der Waals surface area contributed by atoms with E-state index in [1.165, 1.54) is 5.56 Å². The maximum absolute atomic E-state index is 8.88. The minimum atomic E-state index is 0.0833. The Balaban J connectivity index is 1.64. The van der Waals surface area contributed by atoms with E-state index < -0.39 is 0 Å². The van der Waals surface area contributed by atoms with Crippen molar-refractivity contribution >= 4 is 22.2 Å². The zero-order valence-electron chi connectivity index (χ0n) is 12.2. The van der Waals surface area contributed by atoms with Crippen molar-refractivity contribution in [3.63, 3.8) is 0 Å². The summed E-state index contributed by atoms with van der Waals surface area (Å²) in [4.78, 5) is 4.55. The molecular formula is C15H17N5OS. The quantitative estimate of drug-likeness (QED) is 0.730. The molecule has 3 aromatic rings. The summed E-state index contributed by atoms with van der Waals surface area (Å²) in [5.41, 5.74) is 3.98. The van der Waals surface area contributed by atoms with Crippen LogP contribution in [0.3, 0.4) is 0 Å². The van der Waals surface area contributed by atoms with Crippen LogP contribution in [0.2, 0.25) is 0 Å². The smallest absolute Gasteiger partial charge is 0.187 e. The zero-order chi connectivity index (χ0) is 15.4. The molecule has 0 spiro atoms. The lowest BCUT2D eigenvalue weighted by atomic mass is 10.2. The Morgan fingerprint density at radius 3 is 2.82 bits per heavy atom. The lowest BCUT2D eigenvalue weighted by Crippen LogP contribution is -2.01. The lowest BCUT2D eigenvalue weighted by molar-refractivity contribution is 0.298. The molecule has 0 unspecified atom stereocenters. The van der Waals surface area contributed by atoms with Crippen molar-refractivity contribution in [1.82, 2.24) is 20.0 Å². The van der Waals surface area contributed by atoms with Crippen molar-refractivity contribution in [3.05, 3.63) is 52.8 Å². The van der Waals surface area contributed by atoms with Gasteiger partial charge in [-0.25, -0.2) is 9.67 Å². The molecule has 1 aromatic carbocycles. The standard InChI is InChI=1S/C15H17N5OS/c1-11-2-4-12(5-3-11)16-15-17-14(10-22-15)9-20-8-13(6-7-21)18-19-20/h2-5,8,10,21H,6-7,9H2,1H3,(H,16,17). The third kappa shape index (κ3) is 3.69. The van der Waals surface area contributed by atoms with E-state index in [0.717, 1.165) is 22.2 Å². The summed E-state index contributed by atoms with van der Waals surface area (Å²) >= 11 is 1.56. The van der Waals surface area contributed by atoms with Crippen molar-refractivity contribution < 1.29 is 5.11 Å². The molecule has 0 saturated carbocycles. The Hall–Kier alpha value is -2.25. The number of aliphatic hydroxyl groups is 1. The molecular weight excluding hydrogens is 298 g/mol. The maximum Gasteiger partial charge on any atom is 0.187 e. The number of thiazole rings is 1. The molecule has 0 fully saturated rings. The topological polar surface area (TPSA) is 75.9 Å². The minimum absolute atomic E-state index is 0.0833. The largest absolute Gasteiger partial charge is 0.396 e. The fourth-order valence-corrected chi connectivity index (χ4v) is 2.73. The second-order valence-corrected chi connectivity index (χ2v) is 5.87. The molecule has 2 heterocycles. The van der Waals surface area contributed by atoms with Crippen LogP contribution in [-0.4, -0.2) is 31.7 Å². The first-order valence-corrected chi connectivity index (χ1v) is 7.89. The molecule has 6 nitrogen and oxygen atoms in total. The normalized spacial score (nSPS) is 10.8. The predicted octanol–water partition coefficient (Wildman–Crippen LogP) is 2.37. The van der Waals surface area contributed by atoms with E-state index in [4.69, 9.17) is 5.11 Å². The van der Waals surface area contributed by atoms with Gasteiger partial charge >= 0.3 is 0 Å². The van der Waals surface area contributed by atoms with Crippen LogP contribution in [-0.2, 0) is 13.0 Å². The van der Waals surface area contributed by atoms with Crippen molar-refractivity contribution in [2.75, 3.05) is 11.9 Å². The summed E-state index contributed by atoms with van der Waals surface area (Å²) in [5.74, 6) is 0. The monoisotopic (exact) mass is 315 g/mol. The molecule has 22 heavy (non-hydrogen) atoms. The summed E-state index contributed by atoms with van der Waals surface area (Å²) in [5, 5.41) is 23.1. The molecule has 0 amide bonds. The van der Waals surface area contributed by atoms with Crippen molar-refractivity contribution in [2.24, 2.45) is 0 Å². The number of nitrogens with one attached hydrogen (secondary N) is 1. The van der Waals surface area contributed by atoms with Crippen LogP contribution >= 0.6 is 11.3 Å². The molecule has 7 heteroatoms. The molecule has 0 aliphatic rings. The first-order chi connectivity index (χ1) is 10.7. The van der Waals surface area contributed by atoms with Gasteiger partial charge in [-0.3, -0.25) is 0 Å². The van der Waals surface area contributed by atoms with Crippen LogP contribution in [0.4, 0.5) is 10.8 Å². The minimum Gasteiger partial charge on any atom is -0.396 e. The molecule has 3 rings (SSSR count). The van der Waals surface area contributed by atoms with Gasteiger partial charge in [0.2, 0.25) is 0 Å². The van der Waals surface area contributed by atoms with E-state index in [9.17, 15) is 0 Å². The third-order valence-corrected chi connectivity index (χ3v) is 3.94. The second kappa shape index (κ2) is 6.67. The van der Waals surface area contributed by atoms with Gasteiger partial charge in [0.25, 0.3) is 0 Å². The molecule has 0 bridgehead atoms.